The highest BCUT2D eigenvalue weighted by Gasteiger charge is 2.12. The Hall–Kier alpha value is -1.69. The van der Waals surface area contributed by atoms with Crippen LogP contribution in [-0.2, 0) is 13.5 Å². The molecule has 1 aromatic heterocycles. The lowest BCUT2D eigenvalue weighted by Gasteiger charge is -2.10. The van der Waals surface area contributed by atoms with Gasteiger partial charge in [-0.25, -0.2) is 0 Å². The maximum Gasteiger partial charge on any atom is 0.252 e. The van der Waals surface area contributed by atoms with Crippen LogP contribution in [-0.4, -0.2) is 27.2 Å². The van der Waals surface area contributed by atoms with Gasteiger partial charge < -0.3 is 9.88 Å². The zero-order valence-electron chi connectivity index (χ0n) is 11.8. The summed E-state index contributed by atoms with van der Waals surface area (Å²) < 4.78 is 2.69. The smallest absolute Gasteiger partial charge is 0.252 e. The lowest BCUT2D eigenvalue weighted by Crippen LogP contribution is -2.27. The van der Waals surface area contributed by atoms with E-state index < -0.39 is 0 Å². The van der Waals surface area contributed by atoms with E-state index in [-0.39, 0.29) is 5.91 Å². The normalized spacial score (nSPS) is 10.6. The second-order valence-electron chi connectivity index (χ2n) is 4.81. The number of amides is 1. The van der Waals surface area contributed by atoms with Gasteiger partial charge in [-0.2, -0.15) is 0 Å². The zero-order chi connectivity index (χ0) is 14.7. The molecule has 0 spiro atoms. The van der Waals surface area contributed by atoms with Crippen LogP contribution in [0.1, 0.15) is 27.3 Å². The maximum atomic E-state index is 12.2. The lowest BCUT2D eigenvalue weighted by molar-refractivity contribution is 0.0953. The fourth-order valence-corrected chi connectivity index (χ4v) is 2.44. The predicted octanol–water partition coefficient (Wildman–Crippen LogP) is 2.17. The highest BCUT2D eigenvalue weighted by Crippen LogP contribution is 2.23. The molecular weight excluding hydrogens is 320 g/mol. The molecule has 5 nitrogen and oxygen atoms in total. The topological polar surface area (TPSA) is 59.8 Å². The summed E-state index contributed by atoms with van der Waals surface area (Å²) in [4.78, 5) is 12.2. The first kappa shape index (κ1) is 14.7. The second kappa shape index (κ2) is 6.17. The number of hydrogen-bond acceptors (Lipinski definition) is 3. The van der Waals surface area contributed by atoms with E-state index in [1.54, 1.807) is 6.33 Å². The summed E-state index contributed by atoms with van der Waals surface area (Å²) in [6.45, 7) is 4.49. The van der Waals surface area contributed by atoms with Gasteiger partial charge in [0.15, 0.2) is 0 Å². The number of nitrogens with one attached hydrogen (secondary N) is 1. The summed E-state index contributed by atoms with van der Waals surface area (Å²) >= 11 is 3.47. The lowest BCUT2D eigenvalue weighted by atomic mass is 10.1. The van der Waals surface area contributed by atoms with Gasteiger partial charge in [0.05, 0.1) is 5.56 Å². The van der Waals surface area contributed by atoms with Crippen LogP contribution in [0.25, 0.3) is 0 Å². The molecule has 0 bridgehead atoms. The van der Waals surface area contributed by atoms with Gasteiger partial charge in [0, 0.05) is 24.5 Å². The highest BCUT2D eigenvalue weighted by molar-refractivity contribution is 9.10. The molecule has 6 heteroatoms. The standard InChI is InChI=1S/C14H17BrN4O/c1-9-6-10(2)13(15)11(7-9)14(20)16-5-4-12-18-17-8-19(12)3/h6-8H,4-5H2,1-3H3,(H,16,20). The number of carbonyl (C=O) groups excluding carboxylic acids is 1. The number of carbonyl (C=O) groups is 1. The van der Waals surface area contributed by atoms with Crippen molar-refractivity contribution in [3.8, 4) is 0 Å². The molecule has 0 saturated heterocycles. The van der Waals surface area contributed by atoms with Crippen molar-refractivity contribution in [3.63, 3.8) is 0 Å². The molecule has 2 aromatic rings. The van der Waals surface area contributed by atoms with E-state index in [9.17, 15) is 4.79 Å². The van der Waals surface area contributed by atoms with Crippen molar-refractivity contribution in [1.29, 1.82) is 0 Å². The Bertz CT molecular complexity index is 636. The summed E-state index contributed by atoms with van der Waals surface area (Å²) in [6.07, 6.45) is 2.31. The molecule has 0 saturated carbocycles. The Morgan fingerprint density at radius 1 is 1.40 bits per heavy atom. The van der Waals surface area contributed by atoms with Crippen molar-refractivity contribution in [2.45, 2.75) is 20.3 Å². The van der Waals surface area contributed by atoms with E-state index in [1.165, 1.54) is 0 Å². The van der Waals surface area contributed by atoms with Crippen molar-refractivity contribution in [1.82, 2.24) is 20.1 Å². The minimum absolute atomic E-state index is 0.0779. The van der Waals surface area contributed by atoms with Crippen molar-refractivity contribution >= 4 is 21.8 Å². The van der Waals surface area contributed by atoms with Gasteiger partial charge >= 0.3 is 0 Å². The molecule has 0 aliphatic carbocycles. The number of benzene rings is 1. The first-order chi connectivity index (χ1) is 9.49. The molecule has 0 fully saturated rings. The number of aromatic nitrogens is 3. The number of nitrogens with zero attached hydrogens (tertiary/aromatic N) is 3. The summed E-state index contributed by atoms with van der Waals surface area (Å²) in [5.74, 6) is 0.774. The fraction of sp³-hybridized carbons (Fsp3) is 0.357. The minimum atomic E-state index is -0.0779. The molecule has 0 atom stereocenters. The van der Waals surface area contributed by atoms with E-state index in [4.69, 9.17) is 0 Å². The monoisotopic (exact) mass is 336 g/mol. The van der Waals surface area contributed by atoms with Crippen LogP contribution >= 0.6 is 15.9 Å². The fourth-order valence-electron chi connectivity index (χ4n) is 2.03. The van der Waals surface area contributed by atoms with Gasteiger partial charge in [-0.05, 0) is 47.0 Å². The third-order valence-corrected chi connectivity index (χ3v) is 4.14. The Kier molecular flexibility index (Phi) is 4.54. The summed E-state index contributed by atoms with van der Waals surface area (Å²) in [7, 11) is 1.89. The van der Waals surface area contributed by atoms with Gasteiger partial charge in [0.1, 0.15) is 12.2 Å². The molecule has 0 aliphatic rings. The first-order valence-electron chi connectivity index (χ1n) is 6.37. The van der Waals surface area contributed by atoms with E-state index in [0.717, 1.165) is 21.4 Å². The Morgan fingerprint density at radius 3 is 2.80 bits per heavy atom. The average Bonchev–Trinajstić information content (AvgIpc) is 2.79. The Labute approximate surface area is 126 Å². The van der Waals surface area contributed by atoms with Crippen LogP contribution in [0.15, 0.2) is 22.9 Å². The molecule has 0 aliphatic heterocycles. The Balaban J connectivity index is 2.01. The van der Waals surface area contributed by atoms with Crippen LogP contribution < -0.4 is 5.32 Å². The predicted molar refractivity (Wildman–Crippen MR) is 80.7 cm³/mol. The summed E-state index contributed by atoms with van der Waals surface area (Å²) in [5.41, 5.74) is 2.80. The summed E-state index contributed by atoms with van der Waals surface area (Å²) in [6, 6.07) is 3.93. The minimum Gasteiger partial charge on any atom is -0.352 e. The maximum absolute atomic E-state index is 12.2. The quantitative estimate of drug-likeness (QED) is 0.930. The first-order valence-corrected chi connectivity index (χ1v) is 7.16. The molecule has 2 rings (SSSR count). The van der Waals surface area contributed by atoms with Crippen molar-refractivity contribution < 1.29 is 4.79 Å². The number of hydrogen-bond donors (Lipinski definition) is 1. The van der Waals surface area contributed by atoms with Gasteiger partial charge in [-0.15, -0.1) is 10.2 Å². The molecule has 1 amide bonds. The van der Waals surface area contributed by atoms with E-state index >= 15 is 0 Å². The van der Waals surface area contributed by atoms with E-state index in [2.05, 4.69) is 31.4 Å². The van der Waals surface area contributed by atoms with Crippen LogP contribution in [0.4, 0.5) is 0 Å². The summed E-state index contributed by atoms with van der Waals surface area (Å²) in [5, 5.41) is 10.7. The largest absolute Gasteiger partial charge is 0.352 e. The molecule has 106 valence electrons. The van der Waals surface area contributed by atoms with Crippen LogP contribution in [0.2, 0.25) is 0 Å². The molecule has 0 radical (unpaired) electrons. The van der Waals surface area contributed by atoms with Crippen molar-refractivity contribution in [3.05, 3.63) is 45.4 Å². The zero-order valence-corrected chi connectivity index (χ0v) is 13.4. The molecule has 20 heavy (non-hydrogen) atoms. The molecule has 1 N–H and O–H groups in total. The van der Waals surface area contributed by atoms with Gasteiger partial charge in [-0.1, -0.05) is 6.07 Å². The van der Waals surface area contributed by atoms with Crippen molar-refractivity contribution in [2.24, 2.45) is 7.05 Å². The molecule has 0 unspecified atom stereocenters. The van der Waals surface area contributed by atoms with Gasteiger partial charge in [-0.3, -0.25) is 4.79 Å². The Morgan fingerprint density at radius 2 is 2.15 bits per heavy atom. The van der Waals surface area contributed by atoms with Crippen LogP contribution in [0, 0.1) is 13.8 Å². The highest BCUT2D eigenvalue weighted by atomic mass is 79.9. The van der Waals surface area contributed by atoms with E-state index in [0.29, 0.717) is 18.5 Å². The second-order valence-corrected chi connectivity index (χ2v) is 5.60. The molecule has 1 heterocycles. The SMILES string of the molecule is Cc1cc(C)c(Br)c(C(=O)NCCc2nncn2C)c1. The third-order valence-electron chi connectivity index (χ3n) is 3.08. The van der Waals surface area contributed by atoms with Gasteiger partial charge in [0.25, 0.3) is 5.91 Å². The number of halogens is 1. The molecule has 1 aromatic carbocycles. The van der Waals surface area contributed by atoms with Crippen molar-refractivity contribution in [2.75, 3.05) is 6.54 Å². The van der Waals surface area contributed by atoms with Crippen LogP contribution in [0.5, 0.6) is 0 Å². The van der Waals surface area contributed by atoms with Gasteiger partial charge in [0.2, 0.25) is 0 Å². The number of rotatable bonds is 4. The molecular formula is C14H17BrN4O. The average molecular weight is 337 g/mol. The third kappa shape index (κ3) is 3.25. The van der Waals surface area contributed by atoms with Crippen LogP contribution in [0.3, 0.4) is 0 Å². The van der Waals surface area contributed by atoms with E-state index in [1.807, 2.05) is 37.6 Å². The number of aryl methyl sites for hydroxylation is 3.